The maximum absolute atomic E-state index is 13.1. The third kappa shape index (κ3) is 42.1. The Bertz CT molecular complexity index is 1060. The molecule has 0 radical (unpaired) electrons. The summed E-state index contributed by atoms with van der Waals surface area (Å²) in [6.07, 6.45) is 57.4. The number of allylic oxidation sites excluding steroid dienone is 9. The highest BCUT2D eigenvalue weighted by Crippen LogP contribution is 2.16. The molecule has 3 N–H and O–H groups in total. The van der Waals surface area contributed by atoms with Crippen LogP contribution in [0.25, 0.3) is 0 Å². The van der Waals surface area contributed by atoms with Crippen molar-refractivity contribution in [1.82, 2.24) is 5.32 Å². The average molecular weight is 826 g/mol. The summed E-state index contributed by atoms with van der Waals surface area (Å²) in [5, 5.41) is 23.7. The van der Waals surface area contributed by atoms with Crippen LogP contribution in [-0.2, 0) is 14.3 Å². The zero-order valence-electron chi connectivity index (χ0n) is 38.9. The van der Waals surface area contributed by atoms with Crippen molar-refractivity contribution in [2.75, 3.05) is 6.61 Å². The van der Waals surface area contributed by atoms with Crippen LogP contribution in [0.2, 0.25) is 0 Å². The molecule has 0 rings (SSSR count). The Labute approximate surface area is 365 Å². The Balaban J connectivity index is 4.63. The molecule has 0 saturated carbocycles. The van der Waals surface area contributed by atoms with Gasteiger partial charge < -0.3 is 20.3 Å². The monoisotopic (exact) mass is 826 g/mol. The zero-order chi connectivity index (χ0) is 43.1. The predicted octanol–water partition coefficient (Wildman–Crippen LogP) is 14.8. The first-order chi connectivity index (χ1) is 29.0. The van der Waals surface area contributed by atoms with Crippen molar-refractivity contribution < 1.29 is 24.5 Å². The van der Waals surface area contributed by atoms with Gasteiger partial charge in [0, 0.05) is 6.42 Å². The zero-order valence-corrected chi connectivity index (χ0v) is 38.9. The summed E-state index contributed by atoms with van der Waals surface area (Å²) in [6.45, 7) is 6.32. The summed E-state index contributed by atoms with van der Waals surface area (Å²) in [5.74, 6) is -0.617. The van der Waals surface area contributed by atoms with Gasteiger partial charge in [0.1, 0.15) is 6.10 Å². The molecule has 3 unspecified atom stereocenters. The molecule has 0 aromatic heterocycles. The SMILES string of the molecule is CC/C=C/C/C=C/C/C=C/CCCCCCCCC(=O)OC(/C=C/C/C=C\CCCCCCCC)CC(=O)NC(CO)C(O)CCCCCCCCCCCCCCC. The quantitative estimate of drug-likeness (QED) is 0.0323. The molecule has 342 valence electrons. The number of nitrogens with one attached hydrogen (secondary N) is 1. The molecule has 0 aliphatic rings. The standard InChI is InChI=1S/C53H95NO5/c1-4-7-10-13-16-19-22-24-25-26-28-31-34-37-40-43-46-53(58)59-49(44-41-38-35-32-29-21-18-15-12-9-6-3)47-52(57)54-50(48-55)51(56)45-42-39-36-33-30-27-23-20-17-14-11-8-5-2/h7,10,16,19,24-25,32,35,41,44,49-51,55-56H,4-6,8-9,11-15,17-18,20-23,26-31,33-34,36-40,42-43,45-48H2,1-3H3,(H,54,57)/b10-7+,19-16+,25-24+,35-32-,44-41+. The van der Waals surface area contributed by atoms with Crippen LogP contribution in [0, 0.1) is 0 Å². The second kappa shape index (κ2) is 46.6. The molecule has 0 spiro atoms. The number of aliphatic hydroxyl groups excluding tert-OH is 2. The number of ether oxygens (including phenoxy) is 1. The highest BCUT2D eigenvalue weighted by atomic mass is 16.5. The molecule has 59 heavy (non-hydrogen) atoms. The van der Waals surface area contributed by atoms with Gasteiger partial charge in [-0.25, -0.2) is 0 Å². The topological polar surface area (TPSA) is 95.9 Å². The van der Waals surface area contributed by atoms with Gasteiger partial charge in [-0.1, -0.05) is 217 Å². The molecule has 0 fully saturated rings. The lowest BCUT2D eigenvalue weighted by atomic mass is 10.0. The fraction of sp³-hybridized carbons (Fsp3) is 0.774. The van der Waals surface area contributed by atoms with E-state index in [-0.39, 0.29) is 24.9 Å². The van der Waals surface area contributed by atoms with Crippen molar-refractivity contribution in [2.45, 2.75) is 257 Å². The van der Waals surface area contributed by atoms with Gasteiger partial charge in [-0.15, -0.1) is 0 Å². The molecule has 0 aromatic carbocycles. The lowest BCUT2D eigenvalue weighted by Gasteiger charge is -2.23. The van der Waals surface area contributed by atoms with Crippen LogP contribution in [0.1, 0.15) is 239 Å². The fourth-order valence-electron chi connectivity index (χ4n) is 7.29. The number of hydrogen-bond donors (Lipinski definition) is 3. The van der Waals surface area contributed by atoms with Gasteiger partial charge in [0.15, 0.2) is 0 Å². The molecule has 0 bridgehead atoms. The summed E-state index contributed by atoms with van der Waals surface area (Å²) < 4.78 is 5.81. The van der Waals surface area contributed by atoms with E-state index < -0.39 is 18.2 Å². The number of unbranched alkanes of at least 4 members (excludes halogenated alkanes) is 24. The van der Waals surface area contributed by atoms with Crippen LogP contribution >= 0.6 is 0 Å². The summed E-state index contributed by atoms with van der Waals surface area (Å²) in [5.41, 5.74) is 0. The van der Waals surface area contributed by atoms with Crippen molar-refractivity contribution in [3.05, 3.63) is 60.8 Å². The molecule has 6 nitrogen and oxygen atoms in total. The molecule has 0 saturated heterocycles. The van der Waals surface area contributed by atoms with E-state index in [1.807, 2.05) is 12.2 Å². The van der Waals surface area contributed by atoms with E-state index in [2.05, 4.69) is 74.7 Å². The minimum absolute atomic E-state index is 0.0350. The molecular weight excluding hydrogens is 731 g/mol. The Morgan fingerprint density at radius 3 is 1.44 bits per heavy atom. The minimum atomic E-state index is -0.813. The number of rotatable bonds is 44. The van der Waals surface area contributed by atoms with Crippen molar-refractivity contribution in [2.24, 2.45) is 0 Å². The Morgan fingerprint density at radius 2 is 0.949 bits per heavy atom. The molecule has 0 aromatic rings. The maximum atomic E-state index is 13.1. The highest BCUT2D eigenvalue weighted by Gasteiger charge is 2.23. The second-order valence-corrected chi connectivity index (χ2v) is 16.8. The van der Waals surface area contributed by atoms with Crippen molar-refractivity contribution in [3.8, 4) is 0 Å². The van der Waals surface area contributed by atoms with Crippen LogP contribution < -0.4 is 5.32 Å². The number of aliphatic hydroxyl groups is 2. The normalized spacial score (nSPS) is 13.8. The minimum Gasteiger partial charge on any atom is -0.458 e. The van der Waals surface area contributed by atoms with Crippen LogP contribution in [0.4, 0.5) is 0 Å². The van der Waals surface area contributed by atoms with Crippen molar-refractivity contribution >= 4 is 11.9 Å². The fourth-order valence-corrected chi connectivity index (χ4v) is 7.29. The Hall–Kier alpha value is -2.44. The van der Waals surface area contributed by atoms with Crippen LogP contribution in [0.5, 0.6) is 0 Å². The van der Waals surface area contributed by atoms with Crippen molar-refractivity contribution in [3.63, 3.8) is 0 Å². The van der Waals surface area contributed by atoms with E-state index in [1.165, 1.54) is 122 Å². The average Bonchev–Trinajstić information content (AvgIpc) is 3.23. The lowest BCUT2D eigenvalue weighted by Crippen LogP contribution is -2.46. The lowest BCUT2D eigenvalue weighted by molar-refractivity contribution is -0.148. The first-order valence-electron chi connectivity index (χ1n) is 25.0. The molecule has 1 amide bonds. The van der Waals surface area contributed by atoms with Gasteiger partial charge in [-0.2, -0.15) is 0 Å². The smallest absolute Gasteiger partial charge is 0.306 e. The Morgan fingerprint density at radius 1 is 0.525 bits per heavy atom. The summed E-state index contributed by atoms with van der Waals surface area (Å²) in [4.78, 5) is 26.0. The van der Waals surface area contributed by atoms with Crippen molar-refractivity contribution in [1.29, 1.82) is 0 Å². The van der Waals surface area contributed by atoms with Crippen LogP contribution in [0.15, 0.2) is 60.8 Å². The number of carbonyl (C=O) groups excluding carboxylic acids is 2. The van der Waals surface area contributed by atoms with E-state index >= 15 is 0 Å². The van der Waals surface area contributed by atoms with Gasteiger partial charge >= 0.3 is 5.97 Å². The summed E-state index contributed by atoms with van der Waals surface area (Å²) in [7, 11) is 0. The predicted molar refractivity (Wildman–Crippen MR) is 255 cm³/mol. The summed E-state index contributed by atoms with van der Waals surface area (Å²) in [6, 6.07) is -0.735. The van der Waals surface area contributed by atoms with E-state index in [0.29, 0.717) is 19.3 Å². The van der Waals surface area contributed by atoms with Crippen LogP contribution in [0.3, 0.4) is 0 Å². The van der Waals surface area contributed by atoms with Gasteiger partial charge in [-0.3, -0.25) is 9.59 Å². The molecule has 6 heteroatoms. The first kappa shape index (κ1) is 56.6. The highest BCUT2D eigenvalue weighted by molar-refractivity contribution is 5.78. The molecule has 0 aliphatic carbocycles. The maximum Gasteiger partial charge on any atom is 0.306 e. The summed E-state index contributed by atoms with van der Waals surface area (Å²) >= 11 is 0. The van der Waals surface area contributed by atoms with Gasteiger partial charge in [-0.05, 0) is 70.3 Å². The third-order valence-electron chi connectivity index (χ3n) is 11.1. The number of amides is 1. The van der Waals surface area contributed by atoms with E-state index in [4.69, 9.17) is 4.74 Å². The van der Waals surface area contributed by atoms with E-state index in [1.54, 1.807) is 0 Å². The molecular formula is C53H95NO5. The molecule has 0 heterocycles. The van der Waals surface area contributed by atoms with Gasteiger partial charge in [0.2, 0.25) is 5.91 Å². The Kier molecular flexibility index (Phi) is 44.7. The molecule has 3 atom stereocenters. The third-order valence-corrected chi connectivity index (χ3v) is 11.1. The van der Waals surface area contributed by atoms with Gasteiger partial charge in [0.05, 0.1) is 25.2 Å². The second-order valence-electron chi connectivity index (χ2n) is 16.8. The first-order valence-corrected chi connectivity index (χ1v) is 25.0. The molecule has 0 aliphatic heterocycles. The number of esters is 1. The largest absolute Gasteiger partial charge is 0.458 e. The van der Waals surface area contributed by atoms with E-state index in [9.17, 15) is 19.8 Å². The van der Waals surface area contributed by atoms with Gasteiger partial charge in [0.25, 0.3) is 0 Å². The van der Waals surface area contributed by atoms with E-state index in [0.717, 1.165) is 70.6 Å². The number of carbonyl (C=O) groups is 2. The van der Waals surface area contributed by atoms with Crippen LogP contribution in [-0.4, -0.2) is 46.9 Å². The number of hydrogen-bond acceptors (Lipinski definition) is 5.